The van der Waals surface area contributed by atoms with Crippen LogP contribution in [0.3, 0.4) is 0 Å². The summed E-state index contributed by atoms with van der Waals surface area (Å²) in [6.45, 7) is 2.10. The molecule has 2 aliphatic rings. The molecule has 0 aromatic heterocycles. The third-order valence-electron chi connectivity index (χ3n) is 6.16. The normalized spacial score (nSPS) is 22.6. The van der Waals surface area contributed by atoms with Gasteiger partial charge in [0.2, 0.25) is 5.78 Å². The van der Waals surface area contributed by atoms with Gasteiger partial charge in [-0.1, -0.05) is 30.3 Å². The van der Waals surface area contributed by atoms with E-state index in [1.54, 1.807) is 31.4 Å². The van der Waals surface area contributed by atoms with E-state index in [4.69, 9.17) is 14.2 Å². The Labute approximate surface area is 164 Å². The molecule has 1 aliphatic heterocycles. The number of carbonyl (C=O) groups excluding carboxylic acids is 2. The van der Waals surface area contributed by atoms with Crippen LogP contribution in [-0.2, 0) is 6.42 Å². The number of aldehydes is 1. The van der Waals surface area contributed by atoms with Crippen molar-refractivity contribution in [3.63, 3.8) is 0 Å². The van der Waals surface area contributed by atoms with E-state index < -0.39 is 0 Å². The highest BCUT2D eigenvalue weighted by Gasteiger charge is 2.47. The molecule has 2 aromatic carbocycles. The van der Waals surface area contributed by atoms with Gasteiger partial charge >= 0.3 is 0 Å². The molecule has 5 nitrogen and oxygen atoms in total. The van der Waals surface area contributed by atoms with Crippen molar-refractivity contribution >= 4 is 12.1 Å². The van der Waals surface area contributed by atoms with Gasteiger partial charge in [0, 0.05) is 17.0 Å². The first-order valence-corrected chi connectivity index (χ1v) is 9.58. The molecule has 1 saturated carbocycles. The van der Waals surface area contributed by atoms with Gasteiger partial charge in [-0.05, 0) is 32.6 Å². The SMILES string of the molecule is COc1c(C=O)c2c(c(OC)c1C(=O)c1ccccc1)CC1CCCC1(C)O2. The largest absolute Gasteiger partial charge is 0.495 e. The number of methoxy groups -OCH3 is 2. The Morgan fingerprint density at radius 1 is 1.18 bits per heavy atom. The molecule has 2 atom stereocenters. The first-order chi connectivity index (χ1) is 13.5. The number of hydrogen-bond acceptors (Lipinski definition) is 5. The van der Waals surface area contributed by atoms with Crippen LogP contribution in [0.1, 0.15) is 58.0 Å². The fraction of sp³-hybridized carbons (Fsp3) is 0.391. The molecule has 5 heteroatoms. The standard InChI is InChI=1S/C23H24O5/c1-23-11-7-10-15(23)12-16-20(28-23)17(13-24)22(27-3)18(21(16)26-2)19(25)14-8-5-4-6-9-14/h4-6,8-9,13,15H,7,10-12H2,1-3H3. The molecule has 0 amide bonds. The van der Waals surface area contributed by atoms with Gasteiger partial charge in [0.05, 0.1) is 19.8 Å². The van der Waals surface area contributed by atoms with Crippen LogP contribution in [0.15, 0.2) is 30.3 Å². The van der Waals surface area contributed by atoms with Crippen LogP contribution in [0.25, 0.3) is 0 Å². The molecular formula is C23H24O5. The minimum atomic E-state index is -0.300. The third-order valence-corrected chi connectivity index (χ3v) is 6.16. The quantitative estimate of drug-likeness (QED) is 0.573. The van der Waals surface area contributed by atoms with Crippen LogP contribution >= 0.6 is 0 Å². The molecule has 1 aliphatic carbocycles. The average Bonchev–Trinajstić information content (AvgIpc) is 3.10. The molecule has 0 N–H and O–H groups in total. The zero-order chi connectivity index (χ0) is 19.9. The molecule has 0 saturated heterocycles. The molecule has 0 radical (unpaired) electrons. The Kier molecular flexibility index (Phi) is 4.61. The molecule has 28 heavy (non-hydrogen) atoms. The molecule has 146 valence electrons. The van der Waals surface area contributed by atoms with Gasteiger partial charge in [0.25, 0.3) is 0 Å². The number of rotatable bonds is 5. The predicted molar refractivity (Wildman–Crippen MR) is 105 cm³/mol. The molecule has 4 rings (SSSR count). The predicted octanol–water partition coefficient (Wildman–Crippen LogP) is 4.24. The topological polar surface area (TPSA) is 61.8 Å². The van der Waals surface area contributed by atoms with Gasteiger partial charge < -0.3 is 14.2 Å². The van der Waals surface area contributed by atoms with E-state index in [0.717, 1.165) is 37.5 Å². The number of hydrogen-bond donors (Lipinski definition) is 0. The van der Waals surface area contributed by atoms with E-state index in [9.17, 15) is 9.59 Å². The number of carbonyl (C=O) groups is 2. The monoisotopic (exact) mass is 380 g/mol. The Balaban J connectivity index is 1.98. The third kappa shape index (κ3) is 2.68. The van der Waals surface area contributed by atoms with Crippen LogP contribution in [0.4, 0.5) is 0 Å². The number of fused-ring (bicyclic) bond motifs is 2. The number of ketones is 1. The van der Waals surface area contributed by atoms with Gasteiger partial charge in [-0.25, -0.2) is 0 Å². The molecule has 2 unspecified atom stereocenters. The van der Waals surface area contributed by atoms with E-state index in [2.05, 4.69) is 6.92 Å². The van der Waals surface area contributed by atoms with E-state index in [-0.39, 0.29) is 28.3 Å². The van der Waals surface area contributed by atoms with Gasteiger partial charge in [-0.15, -0.1) is 0 Å². The van der Waals surface area contributed by atoms with Crippen molar-refractivity contribution in [3.8, 4) is 17.2 Å². The van der Waals surface area contributed by atoms with Crippen molar-refractivity contribution < 1.29 is 23.8 Å². The van der Waals surface area contributed by atoms with Gasteiger partial charge in [-0.3, -0.25) is 9.59 Å². The summed E-state index contributed by atoms with van der Waals surface area (Å²) in [5.74, 6) is 1.25. The fourth-order valence-corrected chi connectivity index (χ4v) is 4.68. The smallest absolute Gasteiger partial charge is 0.200 e. The molecule has 1 heterocycles. The maximum atomic E-state index is 13.3. The summed E-state index contributed by atoms with van der Waals surface area (Å²) in [7, 11) is 3.00. The lowest BCUT2D eigenvalue weighted by Gasteiger charge is -2.39. The maximum Gasteiger partial charge on any atom is 0.200 e. The average molecular weight is 380 g/mol. The van der Waals surface area contributed by atoms with E-state index >= 15 is 0 Å². The zero-order valence-electron chi connectivity index (χ0n) is 16.4. The lowest BCUT2D eigenvalue weighted by Crippen LogP contribution is -2.41. The first-order valence-electron chi connectivity index (χ1n) is 9.58. The molecule has 1 fully saturated rings. The van der Waals surface area contributed by atoms with Crippen LogP contribution < -0.4 is 14.2 Å². The molecule has 2 aromatic rings. The van der Waals surface area contributed by atoms with Crippen molar-refractivity contribution in [1.29, 1.82) is 0 Å². The summed E-state index contributed by atoms with van der Waals surface area (Å²) in [6, 6.07) is 8.94. The lowest BCUT2D eigenvalue weighted by molar-refractivity contribution is 0.0305. The zero-order valence-corrected chi connectivity index (χ0v) is 16.4. The highest BCUT2D eigenvalue weighted by Crippen LogP contribution is 2.53. The van der Waals surface area contributed by atoms with Crippen LogP contribution in [0.5, 0.6) is 17.2 Å². The summed E-state index contributed by atoms with van der Waals surface area (Å²) >= 11 is 0. The van der Waals surface area contributed by atoms with Crippen molar-refractivity contribution in [3.05, 3.63) is 52.6 Å². The Bertz CT molecular complexity index is 934. The second-order valence-electron chi connectivity index (χ2n) is 7.68. The molecule has 0 spiro atoms. The van der Waals surface area contributed by atoms with Crippen molar-refractivity contribution in [1.82, 2.24) is 0 Å². The molecular weight excluding hydrogens is 356 g/mol. The van der Waals surface area contributed by atoms with Crippen molar-refractivity contribution in [2.24, 2.45) is 5.92 Å². The summed E-state index contributed by atoms with van der Waals surface area (Å²) in [5.41, 5.74) is 1.56. The van der Waals surface area contributed by atoms with Gasteiger partial charge in [0.1, 0.15) is 28.4 Å². The maximum absolute atomic E-state index is 13.3. The molecule has 0 bridgehead atoms. The fourth-order valence-electron chi connectivity index (χ4n) is 4.68. The van der Waals surface area contributed by atoms with Crippen molar-refractivity contribution in [2.45, 2.75) is 38.2 Å². The Morgan fingerprint density at radius 3 is 2.54 bits per heavy atom. The second-order valence-corrected chi connectivity index (χ2v) is 7.68. The second kappa shape index (κ2) is 6.97. The summed E-state index contributed by atoms with van der Waals surface area (Å²) in [5, 5.41) is 0. The Hall–Kier alpha value is -2.82. The summed E-state index contributed by atoms with van der Waals surface area (Å²) < 4.78 is 17.7. The lowest BCUT2D eigenvalue weighted by atomic mass is 9.81. The minimum absolute atomic E-state index is 0.208. The first kappa shape index (κ1) is 18.5. The highest BCUT2D eigenvalue weighted by atomic mass is 16.5. The number of ether oxygens (including phenoxy) is 3. The van der Waals surface area contributed by atoms with E-state index in [0.29, 0.717) is 23.0 Å². The van der Waals surface area contributed by atoms with Gasteiger partial charge in [0.15, 0.2) is 6.29 Å². The Morgan fingerprint density at radius 2 is 1.89 bits per heavy atom. The summed E-state index contributed by atoms with van der Waals surface area (Å²) in [4.78, 5) is 25.4. The van der Waals surface area contributed by atoms with Crippen LogP contribution in [-0.4, -0.2) is 31.9 Å². The van der Waals surface area contributed by atoms with Crippen LogP contribution in [0, 0.1) is 5.92 Å². The van der Waals surface area contributed by atoms with Crippen molar-refractivity contribution in [2.75, 3.05) is 14.2 Å². The van der Waals surface area contributed by atoms with E-state index in [1.165, 1.54) is 7.11 Å². The van der Waals surface area contributed by atoms with E-state index in [1.807, 2.05) is 6.07 Å². The minimum Gasteiger partial charge on any atom is -0.495 e. The van der Waals surface area contributed by atoms with Gasteiger partial charge in [-0.2, -0.15) is 0 Å². The van der Waals surface area contributed by atoms with Crippen LogP contribution in [0.2, 0.25) is 0 Å². The summed E-state index contributed by atoms with van der Waals surface area (Å²) in [6.07, 6.45) is 4.53. The highest BCUT2D eigenvalue weighted by molar-refractivity contribution is 6.14. The number of benzene rings is 2.